The fourth-order valence-corrected chi connectivity index (χ4v) is 3.71. The van der Waals surface area contributed by atoms with Gasteiger partial charge in [0.25, 0.3) is 5.91 Å². The number of amides is 3. The second-order valence-corrected chi connectivity index (χ2v) is 6.78. The summed E-state index contributed by atoms with van der Waals surface area (Å²) in [7, 11) is 0. The Morgan fingerprint density at radius 2 is 1.96 bits per heavy atom. The minimum atomic E-state index is -0.608. The van der Waals surface area contributed by atoms with Crippen molar-refractivity contribution in [1.29, 1.82) is 0 Å². The molecule has 132 valence electrons. The Kier molecular flexibility index (Phi) is 5.20. The lowest BCUT2D eigenvalue weighted by Gasteiger charge is -2.37. The normalized spacial score (nSPS) is 23.0. The van der Waals surface area contributed by atoms with E-state index < -0.39 is 6.03 Å². The lowest BCUT2D eigenvalue weighted by Crippen LogP contribution is -2.58. The number of thiophene rings is 1. The maximum atomic E-state index is 12.5. The molecule has 25 heavy (non-hydrogen) atoms. The van der Waals surface area contributed by atoms with Crippen molar-refractivity contribution in [2.45, 2.75) is 24.5 Å². The smallest absolute Gasteiger partial charge is 0.313 e. The summed E-state index contributed by atoms with van der Waals surface area (Å²) >= 11 is 1.46. The molecule has 0 bridgehead atoms. The maximum absolute atomic E-state index is 12.5. The summed E-state index contributed by atoms with van der Waals surface area (Å²) in [6.07, 6.45) is 0.198. The Morgan fingerprint density at radius 1 is 1.20 bits per heavy atom. The van der Waals surface area contributed by atoms with Crippen molar-refractivity contribution < 1.29 is 14.7 Å². The number of phenols is 1. The van der Waals surface area contributed by atoms with E-state index in [0.717, 1.165) is 5.56 Å². The Bertz CT molecular complexity index is 733. The topological polar surface area (TPSA) is 116 Å². The molecule has 1 aromatic carbocycles. The van der Waals surface area contributed by atoms with E-state index in [1.165, 1.54) is 11.3 Å². The van der Waals surface area contributed by atoms with Gasteiger partial charge in [-0.25, -0.2) is 4.79 Å². The van der Waals surface area contributed by atoms with Crippen molar-refractivity contribution in [2.24, 2.45) is 5.73 Å². The molecule has 6 N–H and O–H groups in total. The molecule has 2 heterocycles. The van der Waals surface area contributed by atoms with Crippen LogP contribution in [-0.4, -0.2) is 35.8 Å². The SMILES string of the molecule is NC(=O)NC1CC(NC(=O)c2ccsc2)C(c2ccc(O)cc2)CN1. The Hall–Kier alpha value is -2.58. The molecule has 3 atom stereocenters. The van der Waals surface area contributed by atoms with Crippen molar-refractivity contribution in [3.8, 4) is 5.75 Å². The number of primary amides is 1. The molecule has 0 aliphatic carbocycles. The number of hydrogen-bond acceptors (Lipinski definition) is 5. The van der Waals surface area contributed by atoms with Gasteiger partial charge in [-0.05, 0) is 29.1 Å². The lowest BCUT2D eigenvalue weighted by atomic mass is 9.85. The van der Waals surface area contributed by atoms with Gasteiger partial charge in [-0.1, -0.05) is 12.1 Å². The number of nitrogens with two attached hydrogens (primary N) is 1. The van der Waals surface area contributed by atoms with Gasteiger partial charge in [-0.15, -0.1) is 0 Å². The molecule has 3 rings (SSSR count). The van der Waals surface area contributed by atoms with Gasteiger partial charge in [-0.2, -0.15) is 11.3 Å². The van der Waals surface area contributed by atoms with Crippen LogP contribution in [0.2, 0.25) is 0 Å². The molecule has 1 saturated heterocycles. The molecule has 3 amide bonds. The molecule has 1 aromatic heterocycles. The average molecular weight is 360 g/mol. The van der Waals surface area contributed by atoms with Crippen LogP contribution in [0.5, 0.6) is 5.75 Å². The average Bonchev–Trinajstić information content (AvgIpc) is 3.10. The fourth-order valence-electron chi connectivity index (χ4n) is 3.07. The first kappa shape index (κ1) is 17.2. The van der Waals surface area contributed by atoms with E-state index in [9.17, 15) is 14.7 Å². The van der Waals surface area contributed by atoms with E-state index in [2.05, 4.69) is 16.0 Å². The molecule has 0 spiro atoms. The summed E-state index contributed by atoms with van der Waals surface area (Å²) in [5.41, 5.74) is 6.82. The van der Waals surface area contributed by atoms with Gasteiger partial charge in [0.05, 0.1) is 6.17 Å². The Balaban J connectivity index is 1.78. The third-order valence-corrected chi connectivity index (χ3v) is 4.98. The van der Waals surface area contributed by atoms with Crippen molar-refractivity contribution in [3.05, 3.63) is 52.2 Å². The fraction of sp³-hybridized carbons (Fsp3) is 0.294. The second kappa shape index (κ2) is 7.54. The standard InChI is InChI=1S/C17H20N4O3S/c18-17(24)21-15-7-14(20-16(23)11-5-6-25-9-11)13(8-19-15)10-1-3-12(22)4-2-10/h1-6,9,13-15,19,22H,7-8H2,(H,20,23)(H3,18,21,24). The van der Waals surface area contributed by atoms with Gasteiger partial charge < -0.3 is 21.5 Å². The number of aromatic hydroxyl groups is 1. The van der Waals surface area contributed by atoms with Crippen molar-refractivity contribution in [2.75, 3.05) is 6.54 Å². The van der Waals surface area contributed by atoms with Gasteiger partial charge >= 0.3 is 6.03 Å². The maximum Gasteiger partial charge on any atom is 0.313 e. The Labute approximate surface area is 149 Å². The third kappa shape index (κ3) is 4.28. The minimum Gasteiger partial charge on any atom is -0.508 e. The van der Waals surface area contributed by atoms with E-state index in [4.69, 9.17) is 5.73 Å². The number of benzene rings is 1. The van der Waals surface area contributed by atoms with Crippen LogP contribution in [0.25, 0.3) is 0 Å². The molecule has 8 heteroatoms. The molecule has 7 nitrogen and oxygen atoms in total. The molecule has 3 unspecified atom stereocenters. The van der Waals surface area contributed by atoms with Crippen LogP contribution in [0.4, 0.5) is 4.79 Å². The van der Waals surface area contributed by atoms with Gasteiger partial charge in [0, 0.05) is 35.9 Å². The first-order valence-electron chi connectivity index (χ1n) is 7.94. The Morgan fingerprint density at radius 3 is 2.60 bits per heavy atom. The number of carbonyl (C=O) groups is 2. The number of phenolic OH excluding ortho intramolecular Hbond substituents is 1. The van der Waals surface area contributed by atoms with Crippen LogP contribution in [0.15, 0.2) is 41.1 Å². The quantitative estimate of drug-likeness (QED) is 0.565. The summed E-state index contributed by atoms with van der Waals surface area (Å²) in [6.45, 7) is 0.560. The predicted octanol–water partition coefficient (Wildman–Crippen LogP) is 1.32. The molecule has 0 radical (unpaired) electrons. The molecule has 1 aliphatic heterocycles. The third-order valence-electron chi connectivity index (χ3n) is 4.30. The minimum absolute atomic E-state index is 0.00844. The summed E-state index contributed by atoms with van der Waals surface area (Å²) in [4.78, 5) is 23.6. The largest absolute Gasteiger partial charge is 0.508 e. The molecule has 2 aromatic rings. The van der Waals surface area contributed by atoms with Crippen LogP contribution < -0.4 is 21.7 Å². The van der Waals surface area contributed by atoms with Crippen LogP contribution in [0, 0.1) is 0 Å². The van der Waals surface area contributed by atoms with E-state index in [-0.39, 0.29) is 29.8 Å². The van der Waals surface area contributed by atoms with Crippen LogP contribution in [0.1, 0.15) is 28.3 Å². The zero-order chi connectivity index (χ0) is 17.8. The molecular formula is C17H20N4O3S. The van der Waals surface area contributed by atoms with Crippen LogP contribution in [0.3, 0.4) is 0 Å². The van der Waals surface area contributed by atoms with E-state index in [1.54, 1.807) is 23.6 Å². The molecular weight excluding hydrogens is 340 g/mol. The van der Waals surface area contributed by atoms with E-state index in [1.807, 2.05) is 17.5 Å². The number of piperidine rings is 1. The van der Waals surface area contributed by atoms with E-state index >= 15 is 0 Å². The number of nitrogens with one attached hydrogen (secondary N) is 3. The van der Waals surface area contributed by atoms with Crippen molar-refractivity contribution >= 4 is 23.3 Å². The van der Waals surface area contributed by atoms with Crippen LogP contribution >= 0.6 is 11.3 Å². The highest BCUT2D eigenvalue weighted by molar-refractivity contribution is 7.08. The summed E-state index contributed by atoms with van der Waals surface area (Å²) in [5, 5.41) is 22.1. The van der Waals surface area contributed by atoms with Gasteiger partial charge in [0.15, 0.2) is 0 Å². The van der Waals surface area contributed by atoms with Crippen LogP contribution in [-0.2, 0) is 0 Å². The number of rotatable bonds is 4. The molecule has 1 aliphatic rings. The zero-order valence-corrected chi connectivity index (χ0v) is 14.3. The summed E-state index contributed by atoms with van der Waals surface area (Å²) in [5.74, 6) is 0.0588. The predicted molar refractivity (Wildman–Crippen MR) is 95.5 cm³/mol. The zero-order valence-electron chi connectivity index (χ0n) is 13.4. The van der Waals surface area contributed by atoms with Crippen molar-refractivity contribution in [3.63, 3.8) is 0 Å². The molecule has 0 saturated carbocycles. The number of hydrogen-bond donors (Lipinski definition) is 5. The van der Waals surface area contributed by atoms with Gasteiger partial charge in [-0.3, -0.25) is 10.1 Å². The monoisotopic (exact) mass is 360 g/mol. The second-order valence-electron chi connectivity index (χ2n) is 6.00. The highest BCUT2D eigenvalue weighted by atomic mass is 32.1. The van der Waals surface area contributed by atoms with Gasteiger partial charge in [0.2, 0.25) is 0 Å². The van der Waals surface area contributed by atoms with Gasteiger partial charge in [0.1, 0.15) is 5.75 Å². The number of urea groups is 1. The first-order valence-corrected chi connectivity index (χ1v) is 8.88. The molecule has 1 fully saturated rings. The summed E-state index contributed by atoms with van der Waals surface area (Å²) in [6, 6.07) is 7.91. The van der Waals surface area contributed by atoms with E-state index in [0.29, 0.717) is 18.5 Å². The number of carbonyl (C=O) groups excluding carboxylic acids is 2. The van der Waals surface area contributed by atoms with Crippen molar-refractivity contribution in [1.82, 2.24) is 16.0 Å². The highest BCUT2D eigenvalue weighted by Crippen LogP contribution is 2.27. The highest BCUT2D eigenvalue weighted by Gasteiger charge is 2.33. The first-order chi connectivity index (χ1) is 12.0. The summed E-state index contributed by atoms with van der Waals surface area (Å²) < 4.78 is 0. The lowest BCUT2D eigenvalue weighted by molar-refractivity contribution is 0.0915.